The van der Waals surface area contributed by atoms with E-state index in [0.717, 1.165) is 12.8 Å². The van der Waals surface area contributed by atoms with E-state index in [1.165, 1.54) is 0 Å². The van der Waals surface area contributed by atoms with Gasteiger partial charge in [-0.3, -0.25) is 0 Å². The molecule has 224 valence electrons. The number of aliphatic hydroxyl groups is 8. The van der Waals surface area contributed by atoms with Crippen LogP contribution >= 0.6 is 0 Å². The van der Waals surface area contributed by atoms with Crippen molar-refractivity contribution < 1.29 is 64.5 Å². The van der Waals surface area contributed by atoms with Gasteiger partial charge in [0.25, 0.3) is 0 Å². The molecule has 2 unspecified atom stereocenters. The molecule has 3 aliphatic rings. The van der Waals surface area contributed by atoms with Gasteiger partial charge in [-0.1, -0.05) is 13.3 Å². The van der Waals surface area contributed by atoms with Gasteiger partial charge in [0.2, 0.25) is 0 Å². The zero-order valence-corrected chi connectivity index (χ0v) is 21.2. The molecule has 38 heavy (non-hydrogen) atoms. The number of aliphatic hydroxyl groups excluding tert-OH is 8. The van der Waals surface area contributed by atoms with E-state index in [-0.39, 0.29) is 0 Å². The van der Waals surface area contributed by atoms with Crippen LogP contribution in [-0.4, -0.2) is 159 Å². The molecule has 0 aromatic rings. The maximum Gasteiger partial charge on any atom is 0.176 e. The van der Waals surface area contributed by atoms with Gasteiger partial charge in [-0.25, -0.2) is 0 Å². The van der Waals surface area contributed by atoms with Crippen molar-refractivity contribution in [3.05, 3.63) is 0 Å². The topological polar surface area (TPSA) is 272 Å². The van der Waals surface area contributed by atoms with Gasteiger partial charge >= 0.3 is 0 Å². The Morgan fingerprint density at radius 2 is 1.24 bits per heavy atom. The zero-order valence-electron chi connectivity index (χ0n) is 21.2. The molecule has 0 amide bonds. The fourth-order valence-electron chi connectivity index (χ4n) is 4.82. The Hall–Kier alpha value is -0.640. The molecule has 0 radical (unpaired) electrons. The van der Waals surface area contributed by atoms with Crippen molar-refractivity contribution >= 4 is 0 Å². The van der Waals surface area contributed by atoms with E-state index in [0.29, 0.717) is 6.54 Å². The second-order valence-corrected chi connectivity index (χ2v) is 9.85. The third-order valence-corrected chi connectivity index (χ3v) is 7.20. The average molecular weight is 558 g/mol. The highest BCUT2D eigenvalue weighted by atomic mass is 16.7. The Kier molecular flexibility index (Phi) is 12.0. The monoisotopic (exact) mass is 557 g/mol. The first-order chi connectivity index (χ1) is 18.1. The lowest BCUT2D eigenvalue weighted by molar-refractivity contribution is -0.350. The first-order valence-electron chi connectivity index (χ1n) is 12.8. The minimum atomic E-state index is -1.54. The summed E-state index contributed by atoms with van der Waals surface area (Å²) >= 11 is 0. The van der Waals surface area contributed by atoms with Crippen molar-refractivity contribution in [3.63, 3.8) is 0 Å². The van der Waals surface area contributed by atoms with E-state index in [4.69, 9.17) is 35.2 Å². The van der Waals surface area contributed by atoms with Crippen molar-refractivity contribution in [1.82, 2.24) is 5.32 Å². The van der Waals surface area contributed by atoms with Crippen molar-refractivity contribution in [2.24, 2.45) is 11.5 Å². The predicted octanol–water partition coefficient (Wildman–Crippen LogP) is -6.24. The third-order valence-electron chi connectivity index (χ3n) is 7.20. The summed E-state index contributed by atoms with van der Waals surface area (Å²) in [4.78, 5) is 0. The van der Waals surface area contributed by atoms with E-state index in [1.54, 1.807) is 0 Å². The van der Waals surface area contributed by atoms with E-state index < -0.39 is 112 Å². The lowest BCUT2D eigenvalue weighted by Crippen LogP contribution is -2.70. The summed E-state index contributed by atoms with van der Waals surface area (Å²) in [5.74, 6) is 0. The predicted molar refractivity (Wildman–Crippen MR) is 126 cm³/mol. The lowest BCUT2D eigenvalue weighted by Gasteiger charge is -2.49. The molecule has 3 fully saturated rings. The van der Waals surface area contributed by atoms with Crippen molar-refractivity contribution in [1.29, 1.82) is 0 Å². The Bertz CT molecular complexity index is 709. The summed E-state index contributed by atoms with van der Waals surface area (Å²) in [6, 6.07) is -3.51. The van der Waals surface area contributed by atoms with E-state index in [1.807, 2.05) is 6.92 Å². The van der Waals surface area contributed by atoms with Crippen LogP contribution in [0.1, 0.15) is 19.8 Å². The van der Waals surface area contributed by atoms with Crippen LogP contribution in [0.5, 0.6) is 0 Å². The Labute approximate surface area is 220 Å². The number of nitrogens with one attached hydrogen (secondary N) is 1. The van der Waals surface area contributed by atoms with Crippen LogP contribution in [0.4, 0.5) is 0 Å². The van der Waals surface area contributed by atoms with Gasteiger partial charge in [-0.15, -0.1) is 0 Å². The molecule has 0 aliphatic carbocycles. The molecule has 0 aromatic heterocycles. The highest BCUT2D eigenvalue weighted by Gasteiger charge is 2.53. The molecule has 0 bridgehead atoms. The minimum absolute atomic E-state index is 0.417. The zero-order chi connectivity index (χ0) is 28.1. The third kappa shape index (κ3) is 6.80. The molecule has 3 rings (SSSR count). The molecule has 0 spiro atoms. The summed E-state index contributed by atoms with van der Waals surface area (Å²) in [5.41, 5.74) is 11.8. The second-order valence-electron chi connectivity index (χ2n) is 9.85. The van der Waals surface area contributed by atoms with Crippen LogP contribution in [0.2, 0.25) is 0 Å². The largest absolute Gasteiger partial charge is 0.394 e. The molecular weight excluding hydrogens is 514 g/mol. The number of hydrogen-bond donors (Lipinski definition) is 11. The molecule has 0 aromatic carbocycles. The van der Waals surface area contributed by atoms with Gasteiger partial charge in [-0.2, -0.15) is 0 Å². The molecule has 0 saturated carbocycles. The van der Waals surface area contributed by atoms with Crippen LogP contribution in [0, 0.1) is 0 Å². The van der Waals surface area contributed by atoms with Crippen molar-refractivity contribution in [2.75, 3.05) is 26.4 Å². The number of unbranched alkanes of at least 4 members (excludes halogenated alkanes) is 1. The molecule has 16 nitrogen and oxygen atoms in total. The highest BCUT2D eigenvalue weighted by molar-refractivity contribution is 4.99. The first kappa shape index (κ1) is 31.9. The van der Waals surface area contributed by atoms with Gasteiger partial charge in [0, 0.05) is 0 Å². The van der Waals surface area contributed by atoms with E-state index in [9.17, 15) is 40.9 Å². The molecule has 13 N–H and O–H groups in total. The van der Waals surface area contributed by atoms with E-state index in [2.05, 4.69) is 5.32 Å². The molecule has 3 aliphatic heterocycles. The molecule has 15 atom stereocenters. The Morgan fingerprint density at radius 1 is 0.684 bits per heavy atom. The number of ether oxygens (including phenoxy) is 5. The molecule has 3 saturated heterocycles. The summed E-state index contributed by atoms with van der Waals surface area (Å²) < 4.78 is 28.5. The maximum absolute atomic E-state index is 11.3. The van der Waals surface area contributed by atoms with Crippen LogP contribution < -0.4 is 16.8 Å². The SMILES string of the molecule is CCCCN[C@H]1[C@H](OC2[C@@H](CO)O[C@@H](O)[C@H](N)[C@H]2O)O[C@H](CO)C(O[C@@H]2O[C@H](CO)[C@@H](O)[C@H](O)[C@H]2N)[C@@H]1O. The van der Waals surface area contributed by atoms with Gasteiger partial charge < -0.3 is 81.3 Å². The van der Waals surface area contributed by atoms with E-state index >= 15 is 0 Å². The molecule has 16 heteroatoms. The summed E-state index contributed by atoms with van der Waals surface area (Å²) in [7, 11) is 0. The number of nitrogens with two attached hydrogens (primary N) is 2. The average Bonchev–Trinajstić information content (AvgIpc) is 2.91. The highest BCUT2D eigenvalue weighted by Crippen LogP contribution is 2.31. The van der Waals surface area contributed by atoms with Crippen LogP contribution in [0.25, 0.3) is 0 Å². The van der Waals surface area contributed by atoms with Crippen molar-refractivity contribution in [2.45, 2.75) is 112 Å². The smallest absolute Gasteiger partial charge is 0.176 e. The Balaban J connectivity index is 1.82. The van der Waals surface area contributed by atoms with Crippen molar-refractivity contribution in [3.8, 4) is 0 Å². The second kappa shape index (κ2) is 14.3. The normalized spacial score (nSPS) is 48.2. The fraction of sp³-hybridized carbons (Fsp3) is 1.00. The minimum Gasteiger partial charge on any atom is -0.394 e. The van der Waals surface area contributed by atoms with Gasteiger partial charge in [0.15, 0.2) is 18.9 Å². The quantitative estimate of drug-likeness (QED) is 0.105. The molecular formula is C22H43N3O13. The van der Waals surface area contributed by atoms with Crippen LogP contribution in [0.3, 0.4) is 0 Å². The van der Waals surface area contributed by atoms with Gasteiger partial charge in [-0.05, 0) is 13.0 Å². The number of rotatable bonds is 11. The van der Waals surface area contributed by atoms with Crippen LogP contribution in [-0.2, 0) is 23.7 Å². The van der Waals surface area contributed by atoms with Gasteiger partial charge in [0.1, 0.15) is 54.9 Å². The summed E-state index contributed by atoms with van der Waals surface area (Å²) in [5, 5.41) is 84.5. The molecule has 3 heterocycles. The lowest BCUT2D eigenvalue weighted by atomic mass is 9.94. The first-order valence-corrected chi connectivity index (χ1v) is 12.8. The number of hydrogen-bond acceptors (Lipinski definition) is 16. The van der Waals surface area contributed by atoms with Gasteiger partial charge in [0.05, 0.1) is 37.9 Å². The fourth-order valence-corrected chi connectivity index (χ4v) is 4.82. The Morgan fingerprint density at radius 3 is 1.84 bits per heavy atom. The van der Waals surface area contributed by atoms with Crippen LogP contribution in [0.15, 0.2) is 0 Å². The summed E-state index contributed by atoms with van der Waals surface area (Å²) in [6.45, 7) is 0.459. The maximum atomic E-state index is 11.3. The summed E-state index contributed by atoms with van der Waals surface area (Å²) in [6.07, 6.45) is -14.7. The standard InChI is InChI=1S/C22H43N3O13/c1-2-3-4-25-13-17(32)19(37-21-12(24)15(30)14(29)8(5-26)35-21)10(7-28)36-22(13)38-18-9(6-27)34-20(33)11(23)16(18)31/h8-22,25-33H,2-7,23-24H2,1H3/t8-,9-,10-,11-,12-,13-,14-,15-,16-,17-,18?,19?,20-,21+,22+/m1/s1.